The molecule has 1 fully saturated rings. The number of nitrogens with zero attached hydrogens (tertiary/aromatic N) is 3. The summed E-state index contributed by atoms with van der Waals surface area (Å²) in [5.41, 5.74) is 2.12. The van der Waals surface area contributed by atoms with Gasteiger partial charge in [0.05, 0.1) is 16.8 Å². The second kappa shape index (κ2) is 10.1. The largest absolute Gasteiger partial charge is 0.352 e. The van der Waals surface area contributed by atoms with Crippen molar-refractivity contribution in [2.24, 2.45) is 0 Å². The number of thiocarbonyl (C=S) groups is 1. The van der Waals surface area contributed by atoms with Gasteiger partial charge in [0.1, 0.15) is 0 Å². The first-order valence-electron chi connectivity index (χ1n) is 10.1. The highest BCUT2D eigenvalue weighted by molar-refractivity contribution is 7.80. The van der Waals surface area contributed by atoms with E-state index < -0.39 is 0 Å². The van der Waals surface area contributed by atoms with E-state index in [1.807, 2.05) is 41.8 Å². The van der Waals surface area contributed by atoms with Crippen molar-refractivity contribution in [1.82, 2.24) is 14.8 Å². The SMILES string of the molecule is CC(=S)CCCCC(=O)N1CCN(C(=O)CNc2nc3c(C)cccc3s2)CC1. The Balaban J connectivity index is 1.41. The molecule has 2 amide bonds. The number of rotatable bonds is 8. The highest BCUT2D eigenvalue weighted by atomic mass is 32.1. The number of hydrogen-bond donors (Lipinski definition) is 1. The third-order valence-electron chi connectivity index (χ3n) is 5.17. The van der Waals surface area contributed by atoms with E-state index >= 15 is 0 Å². The second-order valence-corrected chi connectivity index (χ2v) is 9.19. The molecule has 1 aromatic heterocycles. The molecule has 1 saturated heterocycles. The number of fused-ring (bicyclic) bond motifs is 1. The molecule has 0 atom stereocenters. The minimum Gasteiger partial charge on any atom is -0.352 e. The molecule has 0 radical (unpaired) electrons. The van der Waals surface area contributed by atoms with Gasteiger partial charge in [-0.2, -0.15) is 0 Å². The van der Waals surface area contributed by atoms with Gasteiger partial charge in [0, 0.05) is 32.6 Å². The summed E-state index contributed by atoms with van der Waals surface area (Å²) < 4.78 is 1.12. The Hall–Kier alpha value is -2.06. The summed E-state index contributed by atoms with van der Waals surface area (Å²) in [7, 11) is 0. The zero-order valence-corrected chi connectivity index (χ0v) is 18.7. The predicted octanol–water partition coefficient (Wildman–Crippen LogP) is 3.64. The number of nitrogens with one attached hydrogen (secondary N) is 1. The number of hydrogen-bond acceptors (Lipinski definition) is 6. The lowest BCUT2D eigenvalue weighted by molar-refractivity contribution is -0.138. The Labute approximate surface area is 181 Å². The molecule has 6 nitrogen and oxygen atoms in total. The standard InChI is InChI=1S/C21H28N4O2S2/c1-15-6-5-8-17-20(15)23-21(29-17)22-14-19(27)25-12-10-24(11-13-25)18(26)9-4-3-7-16(2)28/h5-6,8H,3-4,7,9-14H2,1-2H3,(H,22,23). The molecule has 2 heterocycles. The number of carbonyl (C=O) groups excluding carboxylic acids is 2. The van der Waals surface area contributed by atoms with Crippen molar-refractivity contribution >= 4 is 55.6 Å². The average Bonchev–Trinajstić information content (AvgIpc) is 3.14. The molecule has 0 unspecified atom stereocenters. The van der Waals surface area contributed by atoms with Crippen molar-refractivity contribution in [3.05, 3.63) is 23.8 Å². The number of unbranched alkanes of at least 4 members (excludes halogenated alkanes) is 1. The van der Waals surface area contributed by atoms with Gasteiger partial charge < -0.3 is 15.1 Å². The molecule has 29 heavy (non-hydrogen) atoms. The smallest absolute Gasteiger partial charge is 0.242 e. The molecule has 1 aliphatic heterocycles. The van der Waals surface area contributed by atoms with Crippen molar-refractivity contribution in [3.8, 4) is 0 Å². The number of aromatic nitrogens is 1. The molecule has 156 valence electrons. The van der Waals surface area contributed by atoms with E-state index in [-0.39, 0.29) is 18.4 Å². The minimum absolute atomic E-state index is 0.0459. The Kier molecular flexibility index (Phi) is 7.55. The first kappa shape index (κ1) is 21.6. The Morgan fingerprint density at radius 2 is 1.76 bits per heavy atom. The highest BCUT2D eigenvalue weighted by Gasteiger charge is 2.23. The third kappa shape index (κ3) is 5.96. The van der Waals surface area contributed by atoms with Crippen LogP contribution in [0.3, 0.4) is 0 Å². The van der Waals surface area contributed by atoms with Crippen LogP contribution in [0, 0.1) is 6.92 Å². The van der Waals surface area contributed by atoms with Crippen LogP contribution < -0.4 is 5.32 Å². The molecule has 0 aliphatic carbocycles. The summed E-state index contributed by atoms with van der Waals surface area (Å²) in [6.45, 7) is 6.60. The summed E-state index contributed by atoms with van der Waals surface area (Å²) in [6, 6.07) is 6.10. The summed E-state index contributed by atoms with van der Waals surface area (Å²) in [4.78, 5) is 34.1. The van der Waals surface area contributed by atoms with Crippen LogP contribution in [-0.2, 0) is 9.59 Å². The lowest BCUT2D eigenvalue weighted by Gasteiger charge is -2.35. The van der Waals surface area contributed by atoms with Crippen LogP contribution in [0.4, 0.5) is 5.13 Å². The normalized spacial score (nSPS) is 14.3. The average molecular weight is 433 g/mol. The fourth-order valence-corrected chi connectivity index (χ4v) is 4.52. The number of amides is 2. The van der Waals surface area contributed by atoms with Gasteiger partial charge in [0.25, 0.3) is 0 Å². The predicted molar refractivity (Wildman–Crippen MR) is 123 cm³/mol. The molecule has 3 rings (SSSR count). The maximum Gasteiger partial charge on any atom is 0.242 e. The molecule has 0 bridgehead atoms. The van der Waals surface area contributed by atoms with E-state index in [1.54, 1.807) is 11.3 Å². The number of benzene rings is 1. The molecular formula is C21H28N4O2S2. The molecular weight excluding hydrogens is 404 g/mol. The lowest BCUT2D eigenvalue weighted by Crippen LogP contribution is -2.51. The fraction of sp³-hybridized carbons (Fsp3) is 0.524. The van der Waals surface area contributed by atoms with Crippen LogP contribution in [0.2, 0.25) is 0 Å². The van der Waals surface area contributed by atoms with Crippen molar-refractivity contribution in [3.63, 3.8) is 0 Å². The van der Waals surface area contributed by atoms with Gasteiger partial charge in [-0.05, 0) is 49.6 Å². The highest BCUT2D eigenvalue weighted by Crippen LogP contribution is 2.27. The maximum absolute atomic E-state index is 12.5. The summed E-state index contributed by atoms with van der Waals surface area (Å²) in [6.07, 6.45) is 3.31. The van der Waals surface area contributed by atoms with Gasteiger partial charge >= 0.3 is 0 Å². The van der Waals surface area contributed by atoms with Gasteiger partial charge in [-0.3, -0.25) is 9.59 Å². The van der Waals surface area contributed by atoms with Crippen molar-refractivity contribution in [2.45, 2.75) is 39.5 Å². The molecule has 1 N–H and O–H groups in total. The Morgan fingerprint density at radius 3 is 2.41 bits per heavy atom. The molecule has 0 spiro atoms. The van der Waals surface area contributed by atoms with Gasteiger partial charge in [-0.25, -0.2) is 4.98 Å². The number of aryl methyl sites for hydroxylation is 1. The number of para-hydroxylation sites is 1. The van der Waals surface area contributed by atoms with Gasteiger partial charge in [0.15, 0.2) is 5.13 Å². The zero-order chi connectivity index (χ0) is 20.8. The Bertz CT molecular complexity index is 888. The maximum atomic E-state index is 12.5. The van der Waals surface area contributed by atoms with Gasteiger partial charge in [0.2, 0.25) is 11.8 Å². The summed E-state index contributed by atoms with van der Waals surface area (Å²) >= 11 is 6.63. The van der Waals surface area contributed by atoms with E-state index in [4.69, 9.17) is 12.2 Å². The first-order valence-corrected chi connectivity index (χ1v) is 11.3. The third-order valence-corrected chi connectivity index (χ3v) is 6.35. The molecule has 8 heteroatoms. The van der Waals surface area contributed by atoms with E-state index in [1.165, 1.54) is 0 Å². The van der Waals surface area contributed by atoms with Crippen LogP contribution in [0.15, 0.2) is 18.2 Å². The van der Waals surface area contributed by atoms with Gasteiger partial charge in [-0.15, -0.1) is 0 Å². The van der Waals surface area contributed by atoms with Crippen LogP contribution >= 0.6 is 23.6 Å². The van der Waals surface area contributed by atoms with Crippen LogP contribution in [0.5, 0.6) is 0 Å². The van der Waals surface area contributed by atoms with Crippen LogP contribution in [0.1, 0.15) is 38.2 Å². The quantitative estimate of drug-likeness (QED) is 0.510. The molecule has 2 aromatic rings. The fourth-order valence-electron chi connectivity index (χ4n) is 3.44. The number of piperazine rings is 1. The molecule has 0 saturated carbocycles. The van der Waals surface area contributed by atoms with Crippen LogP contribution in [0.25, 0.3) is 10.2 Å². The van der Waals surface area contributed by atoms with E-state index in [0.29, 0.717) is 32.6 Å². The second-order valence-electron chi connectivity index (χ2n) is 7.46. The van der Waals surface area contributed by atoms with E-state index in [0.717, 1.165) is 45.0 Å². The zero-order valence-electron chi connectivity index (χ0n) is 17.1. The van der Waals surface area contributed by atoms with Crippen molar-refractivity contribution in [2.75, 3.05) is 38.0 Å². The summed E-state index contributed by atoms with van der Waals surface area (Å²) in [5.74, 6) is 0.228. The summed E-state index contributed by atoms with van der Waals surface area (Å²) in [5, 5.41) is 3.93. The molecule has 1 aliphatic rings. The number of thiazole rings is 1. The number of anilines is 1. The minimum atomic E-state index is 0.0459. The van der Waals surface area contributed by atoms with E-state index in [2.05, 4.69) is 10.3 Å². The van der Waals surface area contributed by atoms with Gasteiger partial charge in [-0.1, -0.05) is 35.7 Å². The van der Waals surface area contributed by atoms with E-state index in [9.17, 15) is 9.59 Å². The topological polar surface area (TPSA) is 65.5 Å². The van der Waals surface area contributed by atoms with Crippen LogP contribution in [-0.4, -0.2) is 64.2 Å². The molecule has 1 aromatic carbocycles. The Morgan fingerprint density at radius 1 is 1.10 bits per heavy atom. The number of carbonyl (C=O) groups is 2. The lowest BCUT2D eigenvalue weighted by atomic mass is 10.1. The monoisotopic (exact) mass is 432 g/mol. The first-order chi connectivity index (χ1) is 13.9. The van der Waals surface area contributed by atoms with Crippen molar-refractivity contribution < 1.29 is 9.59 Å². The van der Waals surface area contributed by atoms with Crippen molar-refractivity contribution in [1.29, 1.82) is 0 Å².